The van der Waals surface area contributed by atoms with Crippen LogP contribution in [0.5, 0.6) is 0 Å². The quantitative estimate of drug-likeness (QED) is 0.406. The molecule has 0 rings (SSSR count). The number of ketones is 1. The molecule has 0 spiro atoms. The number of rotatable bonds is 4. The molecule has 0 saturated heterocycles. The van der Waals surface area contributed by atoms with Gasteiger partial charge in [0.25, 0.3) is 5.78 Å². The minimum Gasteiger partial charge on any atom is -1.00 e. The van der Waals surface area contributed by atoms with Gasteiger partial charge < -0.3 is 11.0 Å². The van der Waals surface area contributed by atoms with Crippen molar-refractivity contribution in [3.63, 3.8) is 0 Å². The molecule has 0 fully saturated rings. The number of carbonyl (C=O) groups excluding carboxylic acids is 1. The van der Waals surface area contributed by atoms with Crippen molar-refractivity contribution in [3.05, 3.63) is 0 Å². The molecule has 4 nitrogen and oxygen atoms in total. The maximum Gasteiger partial charge on any atom is 1.00 e. The molecule has 66 valence electrons. The van der Waals surface area contributed by atoms with Crippen LogP contribution < -0.4 is 29.6 Å². The SMILES string of the molecule is C[Si](C)(C)OCC(=O)C(=O)O.[H-].[Na+]. The van der Waals surface area contributed by atoms with Crippen molar-refractivity contribution < 1.29 is 50.1 Å². The minimum absolute atomic E-state index is 0. The van der Waals surface area contributed by atoms with E-state index in [9.17, 15) is 9.59 Å². The summed E-state index contributed by atoms with van der Waals surface area (Å²) in [5.74, 6) is -2.31. The average molecular weight is 200 g/mol. The largest absolute Gasteiger partial charge is 1.00 e. The zero-order chi connectivity index (χ0) is 9.07. The van der Waals surface area contributed by atoms with Gasteiger partial charge in [-0.1, -0.05) is 0 Å². The van der Waals surface area contributed by atoms with Gasteiger partial charge in [0.2, 0.25) is 0 Å². The normalized spacial score (nSPS) is 10.2. The van der Waals surface area contributed by atoms with Gasteiger partial charge in [-0.2, -0.15) is 0 Å². The zero-order valence-electron chi connectivity index (χ0n) is 8.88. The fourth-order valence-electron chi connectivity index (χ4n) is 0.344. The van der Waals surface area contributed by atoms with Crippen molar-refractivity contribution in [3.8, 4) is 0 Å². The van der Waals surface area contributed by atoms with Crippen LogP contribution in [0.2, 0.25) is 19.6 Å². The monoisotopic (exact) mass is 200 g/mol. The van der Waals surface area contributed by atoms with Crippen LogP contribution >= 0.6 is 0 Å². The Morgan fingerprint density at radius 2 is 1.83 bits per heavy atom. The van der Waals surface area contributed by atoms with Gasteiger partial charge in [0.05, 0.1) is 0 Å². The number of Topliss-reactive ketones (excluding diaryl/α,β-unsaturated/α-hetero) is 1. The van der Waals surface area contributed by atoms with E-state index in [1.165, 1.54) is 0 Å². The molecule has 1 N–H and O–H groups in total. The van der Waals surface area contributed by atoms with Crippen molar-refractivity contribution in [2.75, 3.05) is 6.61 Å². The van der Waals surface area contributed by atoms with Crippen LogP contribution in [0.4, 0.5) is 0 Å². The topological polar surface area (TPSA) is 63.6 Å². The molecular formula is C6H13NaO4Si. The van der Waals surface area contributed by atoms with Crippen LogP contribution in [0.15, 0.2) is 0 Å². The van der Waals surface area contributed by atoms with E-state index >= 15 is 0 Å². The van der Waals surface area contributed by atoms with Crippen molar-refractivity contribution in [2.24, 2.45) is 0 Å². The summed E-state index contributed by atoms with van der Waals surface area (Å²) in [4.78, 5) is 20.5. The van der Waals surface area contributed by atoms with Crippen LogP contribution in [-0.4, -0.2) is 31.8 Å². The predicted octanol–water partition coefficient (Wildman–Crippen LogP) is -2.39. The number of carbonyl (C=O) groups is 2. The van der Waals surface area contributed by atoms with Gasteiger partial charge in [0.1, 0.15) is 6.61 Å². The molecule has 0 aliphatic heterocycles. The molecule has 0 aromatic rings. The summed E-state index contributed by atoms with van der Waals surface area (Å²) in [6.07, 6.45) is 0. The van der Waals surface area contributed by atoms with Gasteiger partial charge in [-0.25, -0.2) is 4.79 Å². The first kappa shape index (κ1) is 14.8. The molecule has 0 aromatic carbocycles. The molecule has 0 atom stereocenters. The third-order valence-corrected chi connectivity index (χ3v) is 1.89. The fraction of sp³-hybridized carbons (Fsp3) is 0.667. The van der Waals surface area contributed by atoms with Gasteiger partial charge in [-0.3, -0.25) is 4.79 Å². The van der Waals surface area contributed by atoms with Gasteiger partial charge >= 0.3 is 35.5 Å². The van der Waals surface area contributed by atoms with Crippen LogP contribution in [-0.2, 0) is 14.0 Å². The molecule has 0 radical (unpaired) electrons. The van der Waals surface area contributed by atoms with Gasteiger partial charge in [0.15, 0.2) is 8.32 Å². The predicted molar refractivity (Wildman–Crippen MR) is 43.1 cm³/mol. The summed E-state index contributed by atoms with van der Waals surface area (Å²) in [6, 6.07) is 0. The Bertz CT molecular complexity index is 180. The first-order valence-electron chi connectivity index (χ1n) is 3.23. The summed E-state index contributed by atoms with van der Waals surface area (Å²) >= 11 is 0. The second-order valence-corrected chi connectivity index (χ2v) is 7.64. The van der Waals surface area contributed by atoms with Gasteiger partial charge in [-0.15, -0.1) is 0 Å². The van der Waals surface area contributed by atoms with E-state index in [1.807, 2.05) is 19.6 Å². The second kappa shape index (κ2) is 5.88. The minimum atomic E-state index is -1.75. The number of aliphatic carboxylic acids is 1. The number of carboxylic acid groups (broad SMARTS) is 1. The van der Waals surface area contributed by atoms with Crippen LogP contribution in [0.3, 0.4) is 0 Å². The average Bonchev–Trinajstić information content (AvgIpc) is 1.80. The summed E-state index contributed by atoms with van der Waals surface area (Å²) in [7, 11) is -1.75. The van der Waals surface area contributed by atoms with Crippen molar-refractivity contribution in [1.82, 2.24) is 0 Å². The summed E-state index contributed by atoms with van der Waals surface area (Å²) in [5.41, 5.74) is 0. The maximum absolute atomic E-state index is 10.5. The standard InChI is InChI=1S/C6H12O4Si.Na.H/c1-11(2,3)10-4-5(7)6(8)9;;/h4H2,1-3H3,(H,8,9);;/q;+1;-1. The first-order chi connectivity index (χ1) is 4.83. The Hall–Kier alpha value is 0.317. The van der Waals surface area contributed by atoms with E-state index in [0.717, 1.165) is 0 Å². The number of hydrogen-bond acceptors (Lipinski definition) is 3. The third kappa shape index (κ3) is 8.41. The van der Waals surface area contributed by atoms with E-state index in [1.54, 1.807) is 0 Å². The number of hydrogen-bond donors (Lipinski definition) is 1. The Morgan fingerprint density at radius 1 is 1.42 bits per heavy atom. The zero-order valence-corrected chi connectivity index (χ0v) is 10.9. The molecule has 12 heavy (non-hydrogen) atoms. The smallest absolute Gasteiger partial charge is 1.00 e. The number of carboxylic acids is 1. The molecule has 0 bridgehead atoms. The van der Waals surface area contributed by atoms with Gasteiger partial charge in [-0.05, 0) is 19.6 Å². The second-order valence-electron chi connectivity index (χ2n) is 3.13. The Kier molecular flexibility index (Phi) is 7.26. The van der Waals surface area contributed by atoms with E-state index < -0.39 is 20.1 Å². The van der Waals surface area contributed by atoms with E-state index in [4.69, 9.17) is 9.53 Å². The Labute approximate surface area is 96.2 Å². The van der Waals surface area contributed by atoms with Crippen LogP contribution in [0, 0.1) is 0 Å². The van der Waals surface area contributed by atoms with Crippen LogP contribution in [0.1, 0.15) is 1.43 Å². The van der Waals surface area contributed by atoms with Crippen LogP contribution in [0.25, 0.3) is 0 Å². The molecule has 0 saturated carbocycles. The van der Waals surface area contributed by atoms with Crippen molar-refractivity contribution in [2.45, 2.75) is 19.6 Å². The fourth-order valence-corrected chi connectivity index (χ4v) is 0.908. The molecule has 0 aliphatic carbocycles. The summed E-state index contributed by atoms with van der Waals surface area (Å²) < 4.78 is 5.06. The maximum atomic E-state index is 10.5. The van der Waals surface area contributed by atoms with Gasteiger partial charge in [0, 0.05) is 0 Å². The molecule has 6 heteroatoms. The Morgan fingerprint density at radius 3 is 2.08 bits per heavy atom. The molecule has 0 amide bonds. The molecule has 0 aliphatic rings. The molecule has 0 aromatic heterocycles. The summed E-state index contributed by atoms with van der Waals surface area (Å²) in [5, 5.41) is 8.16. The molecular weight excluding hydrogens is 187 g/mol. The van der Waals surface area contributed by atoms with E-state index in [2.05, 4.69) is 0 Å². The molecule has 0 unspecified atom stereocenters. The summed E-state index contributed by atoms with van der Waals surface area (Å²) in [6.45, 7) is 5.37. The molecule has 0 heterocycles. The third-order valence-electron chi connectivity index (χ3n) is 0.875. The van der Waals surface area contributed by atoms with E-state index in [0.29, 0.717) is 0 Å². The van der Waals surface area contributed by atoms with E-state index in [-0.39, 0.29) is 37.6 Å². The van der Waals surface area contributed by atoms with Crippen molar-refractivity contribution in [1.29, 1.82) is 0 Å². The van der Waals surface area contributed by atoms with Crippen molar-refractivity contribution >= 4 is 20.1 Å². The Balaban J connectivity index is -0.000000500. The first-order valence-corrected chi connectivity index (χ1v) is 6.64.